The van der Waals surface area contributed by atoms with Gasteiger partial charge in [-0.2, -0.15) is 0 Å². The Balaban J connectivity index is 3.50. The first-order valence-corrected chi connectivity index (χ1v) is 4.03. The lowest BCUT2D eigenvalue weighted by atomic mass is 10.5. The number of carbonyl (C=O) groups excluding carboxylic acids is 1. The van der Waals surface area contributed by atoms with Crippen LogP contribution >= 0.6 is 11.8 Å². The Morgan fingerprint density at radius 3 is 2.70 bits per heavy atom. The van der Waals surface area contributed by atoms with Crippen molar-refractivity contribution in [3.8, 4) is 0 Å². The second-order valence-electron chi connectivity index (χ2n) is 1.77. The molecule has 0 radical (unpaired) electrons. The van der Waals surface area contributed by atoms with Gasteiger partial charge in [0, 0.05) is 12.9 Å². The first kappa shape index (κ1) is 9.94. The minimum atomic E-state index is -0.410. The lowest BCUT2D eigenvalue weighted by Crippen LogP contribution is -2.16. The molecular weight excluding hydrogens is 152 g/mol. The van der Waals surface area contributed by atoms with Crippen molar-refractivity contribution >= 4 is 17.5 Å². The maximum absolute atomic E-state index is 10.7. The molecule has 10 heavy (non-hydrogen) atoms. The standard InChI is InChI=1S/C6H12O3S/c1-5(8)6(9-2)10-4-3-7/h6-7H,3-4H2,1-2H3. The maximum Gasteiger partial charge on any atom is 0.168 e. The van der Waals surface area contributed by atoms with Gasteiger partial charge in [-0.3, -0.25) is 4.79 Å². The first-order valence-electron chi connectivity index (χ1n) is 2.98. The third kappa shape index (κ3) is 3.87. The zero-order valence-corrected chi connectivity index (χ0v) is 6.98. The zero-order chi connectivity index (χ0) is 7.98. The van der Waals surface area contributed by atoms with E-state index in [1.54, 1.807) is 0 Å². The van der Waals surface area contributed by atoms with E-state index in [2.05, 4.69) is 0 Å². The Hall–Kier alpha value is -0.0600. The summed E-state index contributed by atoms with van der Waals surface area (Å²) >= 11 is 1.31. The molecule has 4 heteroatoms. The summed E-state index contributed by atoms with van der Waals surface area (Å²) in [6.45, 7) is 1.55. The fourth-order valence-corrected chi connectivity index (χ4v) is 1.20. The van der Waals surface area contributed by atoms with Gasteiger partial charge >= 0.3 is 0 Å². The van der Waals surface area contributed by atoms with Gasteiger partial charge in [0.1, 0.15) is 0 Å². The monoisotopic (exact) mass is 164 g/mol. The van der Waals surface area contributed by atoms with Crippen LogP contribution in [0.1, 0.15) is 6.92 Å². The van der Waals surface area contributed by atoms with Crippen LogP contribution in [0.15, 0.2) is 0 Å². The molecule has 60 valence electrons. The van der Waals surface area contributed by atoms with Gasteiger partial charge in [-0.25, -0.2) is 0 Å². The second-order valence-corrected chi connectivity index (χ2v) is 2.94. The van der Waals surface area contributed by atoms with Crippen LogP contribution in [-0.4, -0.2) is 35.8 Å². The summed E-state index contributed by atoms with van der Waals surface area (Å²) < 4.78 is 4.82. The summed E-state index contributed by atoms with van der Waals surface area (Å²) in [4.78, 5) is 10.7. The van der Waals surface area contributed by atoms with Crippen LogP contribution in [0.2, 0.25) is 0 Å². The van der Waals surface area contributed by atoms with Gasteiger partial charge in [-0.05, 0) is 6.92 Å². The van der Waals surface area contributed by atoms with Crippen LogP contribution in [-0.2, 0) is 9.53 Å². The summed E-state index contributed by atoms with van der Waals surface area (Å²) in [6.07, 6.45) is 0. The molecule has 0 aliphatic carbocycles. The summed E-state index contributed by atoms with van der Waals surface area (Å²) in [7, 11) is 1.48. The van der Waals surface area contributed by atoms with Gasteiger partial charge in [0.05, 0.1) is 6.61 Å². The molecule has 0 spiro atoms. The van der Waals surface area contributed by atoms with Crippen molar-refractivity contribution in [1.29, 1.82) is 0 Å². The molecule has 0 aromatic heterocycles. The number of ether oxygens (including phenoxy) is 1. The number of thioether (sulfide) groups is 1. The number of rotatable bonds is 5. The van der Waals surface area contributed by atoms with Gasteiger partial charge in [0.25, 0.3) is 0 Å². The van der Waals surface area contributed by atoms with Crippen LogP contribution in [0.4, 0.5) is 0 Å². The Bertz CT molecular complexity index is 105. The van der Waals surface area contributed by atoms with Crippen molar-refractivity contribution in [3.05, 3.63) is 0 Å². The summed E-state index contributed by atoms with van der Waals surface area (Å²) in [5.41, 5.74) is -0.410. The lowest BCUT2D eigenvalue weighted by Gasteiger charge is -2.09. The smallest absolute Gasteiger partial charge is 0.168 e. The van der Waals surface area contributed by atoms with E-state index < -0.39 is 5.44 Å². The van der Waals surface area contributed by atoms with Gasteiger partial charge < -0.3 is 9.84 Å². The Morgan fingerprint density at radius 2 is 2.40 bits per heavy atom. The van der Waals surface area contributed by atoms with E-state index in [9.17, 15) is 4.79 Å². The number of ketones is 1. The number of methoxy groups -OCH3 is 1. The third-order valence-electron chi connectivity index (χ3n) is 0.907. The average molecular weight is 164 g/mol. The highest BCUT2D eigenvalue weighted by molar-refractivity contribution is 8.00. The van der Waals surface area contributed by atoms with E-state index in [0.29, 0.717) is 5.75 Å². The van der Waals surface area contributed by atoms with Crippen LogP contribution in [0.3, 0.4) is 0 Å². The van der Waals surface area contributed by atoms with E-state index in [1.807, 2.05) is 0 Å². The molecule has 0 aliphatic rings. The zero-order valence-electron chi connectivity index (χ0n) is 6.16. The molecule has 0 saturated heterocycles. The van der Waals surface area contributed by atoms with Gasteiger partial charge in [0.15, 0.2) is 11.2 Å². The topological polar surface area (TPSA) is 46.5 Å². The highest BCUT2D eigenvalue weighted by atomic mass is 32.2. The summed E-state index contributed by atoms with van der Waals surface area (Å²) in [5.74, 6) is 0.527. The van der Waals surface area contributed by atoms with Crippen molar-refractivity contribution in [3.63, 3.8) is 0 Å². The summed E-state index contributed by atoms with van der Waals surface area (Å²) in [6, 6.07) is 0. The molecule has 0 heterocycles. The van der Waals surface area contributed by atoms with E-state index in [4.69, 9.17) is 9.84 Å². The predicted octanol–water partition coefficient (Wildman–Crippen LogP) is 0.273. The number of aliphatic hydroxyl groups is 1. The van der Waals surface area contributed by atoms with Crippen molar-refractivity contribution < 1.29 is 14.6 Å². The van der Waals surface area contributed by atoms with Crippen molar-refractivity contribution in [2.45, 2.75) is 12.4 Å². The number of carbonyl (C=O) groups is 1. The molecule has 0 aliphatic heterocycles. The van der Waals surface area contributed by atoms with Crippen LogP contribution < -0.4 is 0 Å². The number of hydrogen-bond donors (Lipinski definition) is 1. The van der Waals surface area contributed by atoms with Crippen LogP contribution in [0.25, 0.3) is 0 Å². The van der Waals surface area contributed by atoms with E-state index in [1.165, 1.54) is 25.8 Å². The van der Waals surface area contributed by atoms with E-state index in [-0.39, 0.29) is 12.4 Å². The Morgan fingerprint density at radius 1 is 1.80 bits per heavy atom. The molecule has 0 amide bonds. The highest BCUT2D eigenvalue weighted by Crippen LogP contribution is 2.11. The maximum atomic E-state index is 10.7. The minimum absolute atomic E-state index is 0.0130. The number of hydrogen-bond acceptors (Lipinski definition) is 4. The molecule has 0 aromatic carbocycles. The fourth-order valence-electron chi connectivity index (χ4n) is 0.511. The van der Waals surface area contributed by atoms with Gasteiger partial charge in [-0.1, -0.05) is 0 Å². The molecule has 3 nitrogen and oxygen atoms in total. The third-order valence-corrected chi connectivity index (χ3v) is 2.15. The molecule has 0 aromatic rings. The SMILES string of the molecule is COC(SCCO)C(C)=O. The number of aliphatic hydroxyl groups excluding tert-OH is 1. The Kier molecular flexibility index (Phi) is 5.67. The fraction of sp³-hybridized carbons (Fsp3) is 0.833. The first-order chi connectivity index (χ1) is 4.72. The molecule has 1 atom stereocenters. The average Bonchev–Trinajstić information content (AvgIpc) is 1.89. The normalized spacial score (nSPS) is 13.1. The van der Waals surface area contributed by atoms with E-state index in [0.717, 1.165) is 0 Å². The van der Waals surface area contributed by atoms with Crippen LogP contribution in [0.5, 0.6) is 0 Å². The molecule has 0 bridgehead atoms. The Labute approximate surface area is 64.8 Å². The van der Waals surface area contributed by atoms with Gasteiger partial charge in [-0.15, -0.1) is 11.8 Å². The van der Waals surface area contributed by atoms with Crippen molar-refractivity contribution in [2.24, 2.45) is 0 Å². The van der Waals surface area contributed by atoms with Crippen LogP contribution in [0, 0.1) is 0 Å². The quantitative estimate of drug-likeness (QED) is 0.593. The lowest BCUT2D eigenvalue weighted by molar-refractivity contribution is -0.122. The van der Waals surface area contributed by atoms with Gasteiger partial charge in [0.2, 0.25) is 0 Å². The molecule has 0 saturated carbocycles. The van der Waals surface area contributed by atoms with Crippen molar-refractivity contribution in [1.82, 2.24) is 0 Å². The molecule has 1 N–H and O–H groups in total. The van der Waals surface area contributed by atoms with E-state index >= 15 is 0 Å². The molecule has 0 fully saturated rings. The van der Waals surface area contributed by atoms with Crippen molar-refractivity contribution in [2.75, 3.05) is 19.5 Å². The molecule has 1 unspecified atom stereocenters. The second kappa shape index (κ2) is 5.70. The predicted molar refractivity (Wildman–Crippen MR) is 41.0 cm³/mol. The summed E-state index contributed by atoms with van der Waals surface area (Å²) in [5, 5.41) is 8.40. The largest absolute Gasteiger partial charge is 0.396 e. The molecule has 0 rings (SSSR count). The minimum Gasteiger partial charge on any atom is -0.396 e. The molecular formula is C6H12O3S. The number of Topliss-reactive ketones (excluding diaryl/α,β-unsaturated/α-hetero) is 1. The highest BCUT2D eigenvalue weighted by Gasteiger charge is 2.11.